The van der Waals surface area contributed by atoms with E-state index in [-0.39, 0.29) is 12.1 Å². The first-order chi connectivity index (χ1) is 8.31. The van der Waals surface area contributed by atoms with Gasteiger partial charge < -0.3 is 4.74 Å². The Labute approximate surface area is 100 Å². The summed E-state index contributed by atoms with van der Waals surface area (Å²) in [4.78, 5) is 11.6. The Morgan fingerprint density at radius 2 is 1.88 bits per heavy atom. The second kappa shape index (κ2) is 4.21. The van der Waals surface area contributed by atoms with Crippen molar-refractivity contribution in [3.63, 3.8) is 0 Å². The molecule has 0 aromatic heterocycles. The van der Waals surface area contributed by atoms with Crippen LogP contribution in [-0.2, 0) is 16.0 Å². The van der Waals surface area contributed by atoms with Gasteiger partial charge in [-0.1, -0.05) is 42.5 Å². The maximum atomic E-state index is 11.6. The number of ether oxygens (including phenoxy) is 1. The van der Waals surface area contributed by atoms with E-state index in [0.717, 1.165) is 18.4 Å². The summed E-state index contributed by atoms with van der Waals surface area (Å²) in [6, 6.07) is 14.3. The molecule has 1 aliphatic rings. The van der Waals surface area contributed by atoms with Gasteiger partial charge in [0.05, 0.1) is 6.42 Å². The van der Waals surface area contributed by atoms with Gasteiger partial charge in [0.1, 0.15) is 6.10 Å². The lowest BCUT2D eigenvalue weighted by atomic mass is 10.1. The van der Waals surface area contributed by atoms with Gasteiger partial charge in [0.2, 0.25) is 0 Å². The minimum Gasteiger partial charge on any atom is -0.462 e. The number of benzene rings is 2. The molecule has 0 radical (unpaired) electrons. The van der Waals surface area contributed by atoms with Crippen LogP contribution >= 0.6 is 0 Å². The van der Waals surface area contributed by atoms with Crippen LogP contribution in [0.5, 0.6) is 0 Å². The van der Waals surface area contributed by atoms with Crippen LogP contribution in [-0.4, -0.2) is 12.1 Å². The maximum Gasteiger partial charge on any atom is 0.310 e. The molecule has 3 rings (SSSR count). The lowest BCUT2D eigenvalue weighted by Crippen LogP contribution is -2.09. The Bertz CT molecular complexity index is 556. The molecule has 0 spiro atoms. The molecule has 17 heavy (non-hydrogen) atoms. The van der Waals surface area contributed by atoms with Gasteiger partial charge in [-0.25, -0.2) is 0 Å². The highest BCUT2D eigenvalue weighted by Crippen LogP contribution is 2.24. The first-order valence-electron chi connectivity index (χ1n) is 5.98. The summed E-state index contributed by atoms with van der Waals surface area (Å²) in [5.41, 5.74) is 1.02. The summed E-state index contributed by atoms with van der Waals surface area (Å²) >= 11 is 0. The third kappa shape index (κ3) is 2.47. The highest BCUT2D eigenvalue weighted by Gasteiger charge is 2.25. The second-order valence-electron chi connectivity index (χ2n) is 4.55. The maximum absolute atomic E-state index is 11.6. The normalized spacial score (nSPS) is 14.8. The number of hydrogen-bond donors (Lipinski definition) is 0. The molecular formula is C15H14O2. The van der Waals surface area contributed by atoms with E-state index in [1.807, 2.05) is 18.2 Å². The molecule has 1 aliphatic carbocycles. The van der Waals surface area contributed by atoms with Gasteiger partial charge in [-0.3, -0.25) is 4.79 Å². The third-order valence-electron chi connectivity index (χ3n) is 2.98. The molecule has 0 atom stereocenters. The Morgan fingerprint density at radius 3 is 2.65 bits per heavy atom. The molecular weight excluding hydrogens is 212 g/mol. The van der Waals surface area contributed by atoms with E-state index in [1.165, 1.54) is 10.8 Å². The van der Waals surface area contributed by atoms with Crippen LogP contribution in [0.1, 0.15) is 18.4 Å². The van der Waals surface area contributed by atoms with Crippen molar-refractivity contribution in [1.29, 1.82) is 0 Å². The number of carbonyl (C=O) groups excluding carboxylic acids is 1. The molecule has 1 saturated carbocycles. The highest BCUT2D eigenvalue weighted by atomic mass is 16.5. The predicted octanol–water partition coefficient (Wildman–Crippen LogP) is 3.09. The van der Waals surface area contributed by atoms with Gasteiger partial charge in [-0.2, -0.15) is 0 Å². The van der Waals surface area contributed by atoms with E-state index in [9.17, 15) is 4.79 Å². The largest absolute Gasteiger partial charge is 0.462 e. The van der Waals surface area contributed by atoms with E-state index in [2.05, 4.69) is 24.3 Å². The monoisotopic (exact) mass is 226 g/mol. The first-order valence-corrected chi connectivity index (χ1v) is 5.98. The molecule has 0 bridgehead atoms. The number of esters is 1. The standard InChI is InChI=1S/C15H14O2/c16-15(17-14-7-8-14)10-11-5-6-12-3-1-2-4-13(12)9-11/h1-6,9,14H,7-8,10H2. The van der Waals surface area contributed by atoms with Crippen LogP contribution in [0.2, 0.25) is 0 Å². The molecule has 0 saturated heterocycles. The molecule has 2 aromatic carbocycles. The quantitative estimate of drug-likeness (QED) is 0.752. The van der Waals surface area contributed by atoms with Crippen molar-refractivity contribution in [2.45, 2.75) is 25.4 Å². The minimum atomic E-state index is -0.109. The lowest BCUT2D eigenvalue weighted by molar-refractivity contribution is -0.144. The van der Waals surface area contributed by atoms with Crippen LogP contribution in [0.4, 0.5) is 0 Å². The summed E-state index contributed by atoms with van der Waals surface area (Å²) in [6.45, 7) is 0. The van der Waals surface area contributed by atoms with Gasteiger partial charge in [0.15, 0.2) is 0 Å². The fourth-order valence-corrected chi connectivity index (χ4v) is 1.93. The third-order valence-corrected chi connectivity index (χ3v) is 2.98. The Morgan fingerprint density at radius 1 is 1.12 bits per heavy atom. The number of carbonyl (C=O) groups is 1. The molecule has 0 amide bonds. The van der Waals surface area contributed by atoms with E-state index < -0.39 is 0 Å². The predicted molar refractivity (Wildman–Crippen MR) is 66.8 cm³/mol. The zero-order valence-electron chi connectivity index (χ0n) is 9.56. The summed E-state index contributed by atoms with van der Waals surface area (Å²) in [7, 11) is 0. The lowest BCUT2D eigenvalue weighted by Gasteiger charge is -2.04. The van der Waals surface area contributed by atoms with E-state index in [1.54, 1.807) is 0 Å². The number of rotatable bonds is 3. The van der Waals surface area contributed by atoms with E-state index >= 15 is 0 Å². The summed E-state index contributed by atoms with van der Waals surface area (Å²) in [5.74, 6) is -0.109. The van der Waals surface area contributed by atoms with E-state index in [0.29, 0.717) is 6.42 Å². The number of fused-ring (bicyclic) bond motifs is 1. The fourth-order valence-electron chi connectivity index (χ4n) is 1.93. The molecule has 1 fully saturated rings. The van der Waals surface area contributed by atoms with Gasteiger partial charge >= 0.3 is 5.97 Å². The molecule has 2 heteroatoms. The van der Waals surface area contributed by atoms with Crippen molar-refractivity contribution in [3.8, 4) is 0 Å². The molecule has 0 aliphatic heterocycles. The SMILES string of the molecule is O=C(Cc1ccc2ccccc2c1)OC1CC1. The highest BCUT2D eigenvalue weighted by molar-refractivity contribution is 5.84. The van der Waals surface area contributed by atoms with Crippen molar-refractivity contribution in [2.24, 2.45) is 0 Å². The van der Waals surface area contributed by atoms with Gasteiger partial charge in [0.25, 0.3) is 0 Å². The van der Waals surface area contributed by atoms with Crippen LogP contribution in [0.15, 0.2) is 42.5 Å². The van der Waals surface area contributed by atoms with Gasteiger partial charge in [-0.15, -0.1) is 0 Å². The molecule has 0 unspecified atom stereocenters. The van der Waals surface area contributed by atoms with Crippen molar-refractivity contribution in [2.75, 3.05) is 0 Å². The second-order valence-corrected chi connectivity index (χ2v) is 4.55. The van der Waals surface area contributed by atoms with Crippen LogP contribution < -0.4 is 0 Å². The summed E-state index contributed by atoms with van der Waals surface area (Å²) < 4.78 is 5.24. The topological polar surface area (TPSA) is 26.3 Å². The fraction of sp³-hybridized carbons (Fsp3) is 0.267. The van der Waals surface area contributed by atoms with Gasteiger partial charge in [0, 0.05) is 0 Å². The van der Waals surface area contributed by atoms with E-state index in [4.69, 9.17) is 4.74 Å². The average molecular weight is 226 g/mol. The van der Waals surface area contributed by atoms with Crippen molar-refractivity contribution in [3.05, 3.63) is 48.0 Å². The molecule has 86 valence electrons. The van der Waals surface area contributed by atoms with Crippen molar-refractivity contribution >= 4 is 16.7 Å². The summed E-state index contributed by atoms with van der Waals surface area (Å²) in [6.07, 6.45) is 2.64. The minimum absolute atomic E-state index is 0.109. The zero-order valence-corrected chi connectivity index (χ0v) is 9.56. The smallest absolute Gasteiger partial charge is 0.310 e. The molecule has 2 aromatic rings. The Hall–Kier alpha value is -1.83. The summed E-state index contributed by atoms with van der Waals surface area (Å²) in [5, 5.41) is 2.37. The first kappa shape index (κ1) is 10.3. The zero-order chi connectivity index (χ0) is 11.7. The van der Waals surface area contributed by atoms with Crippen LogP contribution in [0, 0.1) is 0 Å². The molecule has 2 nitrogen and oxygen atoms in total. The van der Waals surface area contributed by atoms with Gasteiger partial charge in [-0.05, 0) is 29.2 Å². The molecule has 0 heterocycles. The van der Waals surface area contributed by atoms with Crippen molar-refractivity contribution < 1.29 is 9.53 Å². The molecule has 0 N–H and O–H groups in total. The Balaban J connectivity index is 1.77. The van der Waals surface area contributed by atoms with Crippen LogP contribution in [0.3, 0.4) is 0 Å². The average Bonchev–Trinajstić information content (AvgIpc) is 3.12. The number of hydrogen-bond acceptors (Lipinski definition) is 2. The Kier molecular flexibility index (Phi) is 2.56. The van der Waals surface area contributed by atoms with Crippen LogP contribution in [0.25, 0.3) is 10.8 Å². The van der Waals surface area contributed by atoms with Crippen molar-refractivity contribution in [1.82, 2.24) is 0 Å².